The standard InChI is InChI=1S/C42H43ClFN9O6/c1-22-18-50(10-11-52(22)37-17-46-34(16-47-37)39(55)48-24-3-6-25(7-4-24)59-26-5-2-23(15-45)32(43)12-26)19-29-30-20-51(21-31(29)30)36-14-28-27(13-33(36)44)41(57)53(42(28)58)35-8-9-38(54)49-40(35)56/h2,5,12-14,16-17,22,24-25,29-31,35H,3-4,6-11,18-21H2,1H3,(H,48,55)(H,49,54,56)/t22-,24-,25-,29-,30-,31+,35?/m1/s1. The lowest BCUT2D eigenvalue weighted by Crippen LogP contribution is -2.54. The van der Waals surface area contributed by atoms with Crippen molar-refractivity contribution in [2.75, 3.05) is 49.1 Å². The number of nitrogens with one attached hydrogen (secondary N) is 2. The van der Waals surface area contributed by atoms with E-state index in [1.54, 1.807) is 24.4 Å². The van der Waals surface area contributed by atoms with E-state index in [0.29, 0.717) is 47.2 Å². The van der Waals surface area contributed by atoms with Gasteiger partial charge in [0.05, 0.1) is 45.9 Å². The summed E-state index contributed by atoms with van der Waals surface area (Å²) in [7, 11) is 0. The maximum absolute atomic E-state index is 15.5. The number of halogens is 2. The molecule has 0 bridgehead atoms. The molecule has 5 heterocycles. The molecule has 59 heavy (non-hydrogen) atoms. The Labute approximate surface area is 344 Å². The van der Waals surface area contributed by atoms with Crippen molar-refractivity contribution in [2.24, 2.45) is 17.8 Å². The van der Waals surface area contributed by atoms with Gasteiger partial charge in [-0.25, -0.2) is 14.4 Å². The first-order chi connectivity index (χ1) is 28.4. The fourth-order valence-corrected chi connectivity index (χ4v) is 9.91. The van der Waals surface area contributed by atoms with E-state index in [4.69, 9.17) is 21.6 Å². The number of piperazine rings is 1. The number of anilines is 2. The number of rotatable bonds is 9. The molecule has 9 rings (SSSR count). The van der Waals surface area contributed by atoms with Gasteiger partial charge >= 0.3 is 0 Å². The Morgan fingerprint density at radius 2 is 1.73 bits per heavy atom. The Bertz CT molecular complexity index is 2270. The Morgan fingerprint density at radius 1 is 0.983 bits per heavy atom. The van der Waals surface area contributed by atoms with Crippen LogP contribution in [0.2, 0.25) is 5.02 Å². The smallest absolute Gasteiger partial charge is 0.271 e. The molecule has 15 nitrogen and oxygen atoms in total. The molecule has 3 aromatic rings. The van der Waals surface area contributed by atoms with Gasteiger partial charge < -0.3 is 19.9 Å². The molecule has 1 unspecified atom stereocenters. The molecule has 3 saturated heterocycles. The van der Waals surface area contributed by atoms with E-state index in [1.807, 2.05) is 11.0 Å². The van der Waals surface area contributed by atoms with Crippen molar-refractivity contribution in [1.29, 1.82) is 5.26 Å². The molecular weight excluding hydrogens is 781 g/mol. The first-order valence-electron chi connectivity index (χ1n) is 20.2. The largest absolute Gasteiger partial charge is 0.490 e. The number of ether oxygens (including phenoxy) is 1. The number of imide groups is 2. The van der Waals surface area contributed by atoms with Crippen LogP contribution in [0.25, 0.3) is 0 Å². The molecule has 5 atom stereocenters. The SMILES string of the molecule is C[C@@H]1CN(C[C@@H]2[C@H]3CN(c4cc5c(cc4F)C(=O)N(C4CCC(=O)NC4=O)C5=O)C[C@@H]23)CCN1c1cnc(C(=O)N[C@H]2CC[C@H](Oc3ccc(C#N)c(Cl)c3)CC2)cn1. The molecule has 0 spiro atoms. The van der Waals surface area contributed by atoms with Crippen molar-refractivity contribution in [2.45, 2.75) is 69.7 Å². The van der Waals surface area contributed by atoms with Crippen LogP contribution < -0.4 is 25.2 Å². The average Bonchev–Trinajstić information content (AvgIpc) is 3.52. The predicted octanol–water partition coefficient (Wildman–Crippen LogP) is 3.55. The summed E-state index contributed by atoms with van der Waals surface area (Å²) in [5, 5.41) is 14.7. The van der Waals surface area contributed by atoms with Crippen LogP contribution in [0, 0.1) is 34.9 Å². The number of benzene rings is 2. The van der Waals surface area contributed by atoms with Crippen LogP contribution in [0.5, 0.6) is 5.75 Å². The molecule has 5 amide bonds. The Morgan fingerprint density at radius 3 is 2.39 bits per heavy atom. The average molecular weight is 824 g/mol. The van der Waals surface area contributed by atoms with Gasteiger partial charge in [-0.05, 0) is 81.0 Å². The summed E-state index contributed by atoms with van der Waals surface area (Å²) in [4.78, 5) is 80.2. The van der Waals surface area contributed by atoms with Gasteiger partial charge in [0.2, 0.25) is 11.8 Å². The quantitative estimate of drug-likeness (QED) is 0.300. The topological polar surface area (TPSA) is 181 Å². The van der Waals surface area contributed by atoms with Crippen molar-refractivity contribution >= 4 is 52.6 Å². The second-order valence-corrected chi connectivity index (χ2v) is 17.0. The summed E-state index contributed by atoms with van der Waals surface area (Å²) in [5.74, 6) is -0.713. The van der Waals surface area contributed by atoms with Gasteiger partial charge in [-0.1, -0.05) is 11.6 Å². The number of hydrogen-bond acceptors (Lipinski definition) is 12. The zero-order valence-electron chi connectivity index (χ0n) is 32.4. The van der Waals surface area contributed by atoms with Gasteiger partial charge in [-0.3, -0.25) is 39.1 Å². The van der Waals surface area contributed by atoms with E-state index in [0.717, 1.165) is 68.6 Å². The van der Waals surface area contributed by atoms with E-state index in [1.165, 1.54) is 12.3 Å². The maximum Gasteiger partial charge on any atom is 0.271 e. The molecule has 2 saturated carbocycles. The van der Waals surface area contributed by atoms with Crippen LogP contribution in [0.3, 0.4) is 0 Å². The number of nitrogens with zero attached hydrogens (tertiary/aromatic N) is 7. The molecular formula is C42H43ClFN9O6. The molecule has 1 aromatic heterocycles. The van der Waals surface area contributed by atoms with Crippen molar-refractivity contribution < 1.29 is 33.1 Å². The predicted molar refractivity (Wildman–Crippen MR) is 211 cm³/mol. The Kier molecular flexibility index (Phi) is 10.2. The number of aromatic nitrogens is 2. The third-order valence-corrected chi connectivity index (χ3v) is 13.3. The van der Waals surface area contributed by atoms with Crippen molar-refractivity contribution in [3.8, 4) is 11.8 Å². The molecule has 2 aromatic carbocycles. The molecule has 4 aliphatic heterocycles. The molecule has 0 radical (unpaired) electrons. The molecule has 6 aliphatic rings. The van der Waals surface area contributed by atoms with Crippen LogP contribution in [-0.4, -0.2) is 113 Å². The minimum atomic E-state index is -1.10. The number of carbonyl (C=O) groups is 5. The minimum Gasteiger partial charge on any atom is -0.490 e. The van der Waals surface area contributed by atoms with Crippen molar-refractivity contribution in [3.05, 3.63) is 75.9 Å². The van der Waals surface area contributed by atoms with Gasteiger partial charge in [0.15, 0.2) is 0 Å². The number of fused-ring (bicyclic) bond motifs is 2. The third kappa shape index (κ3) is 7.46. The van der Waals surface area contributed by atoms with Crippen LogP contribution in [0.15, 0.2) is 42.7 Å². The fourth-order valence-electron chi connectivity index (χ4n) is 9.70. The highest BCUT2D eigenvalue weighted by molar-refractivity contribution is 6.31. The zero-order valence-corrected chi connectivity index (χ0v) is 33.2. The van der Waals surface area contributed by atoms with E-state index in [9.17, 15) is 24.0 Å². The van der Waals surface area contributed by atoms with E-state index >= 15 is 4.39 Å². The normalized spacial score (nSPS) is 27.9. The van der Waals surface area contributed by atoms with Gasteiger partial charge in [-0.15, -0.1) is 0 Å². The number of hydrogen-bond donors (Lipinski definition) is 2. The molecule has 5 fully saturated rings. The Hall–Kier alpha value is -5.66. The van der Waals surface area contributed by atoms with Crippen molar-refractivity contribution in [3.63, 3.8) is 0 Å². The monoisotopic (exact) mass is 823 g/mol. The molecule has 17 heteroatoms. The van der Waals surface area contributed by atoms with Gasteiger partial charge in [-0.2, -0.15) is 5.26 Å². The molecule has 2 N–H and O–H groups in total. The van der Waals surface area contributed by atoms with Crippen molar-refractivity contribution in [1.82, 2.24) is 30.4 Å². The van der Waals surface area contributed by atoms with Gasteiger partial charge in [0.25, 0.3) is 17.7 Å². The number of piperidine rings is 2. The van der Waals surface area contributed by atoms with Crippen LogP contribution in [0.4, 0.5) is 15.9 Å². The second kappa shape index (κ2) is 15.5. The zero-order chi connectivity index (χ0) is 41.1. The molecule has 2 aliphatic carbocycles. The van der Waals surface area contributed by atoms with Gasteiger partial charge in [0.1, 0.15) is 35.2 Å². The first kappa shape index (κ1) is 38.8. The highest BCUT2D eigenvalue weighted by Gasteiger charge is 2.56. The highest BCUT2D eigenvalue weighted by atomic mass is 35.5. The summed E-state index contributed by atoms with van der Waals surface area (Å²) in [6, 6.07) is 8.73. The van der Waals surface area contributed by atoms with E-state index < -0.39 is 35.5 Å². The van der Waals surface area contributed by atoms with E-state index in [2.05, 4.69) is 37.3 Å². The lowest BCUT2D eigenvalue weighted by Gasteiger charge is -2.40. The number of nitriles is 1. The summed E-state index contributed by atoms with van der Waals surface area (Å²) in [5.41, 5.74) is 0.984. The van der Waals surface area contributed by atoms with E-state index in [-0.39, 0.29) is 59.4 Å². The summed E-state index contributed by atoms with van der Waals surface area (Å²) in [6.07, 6.45) is 6.34. The van der Waals surface area contributed by atoms with Crippen LogP contribution in [0.1, 0.15) is 82.2 Å². The summed E-state index contributed by atoms with van der Waals surface area (Å²) < 4.78 is 21.6. The summed E-state index contributed by atoms with van der Waals surface area (Å²) >= 11 is 6.15. The lowest BCUT2D eigenvalue weighted by atomic mass is 9.93. The highest BCUT2D eigenvalue weighted by Crippen LogP contribution is 2.53. The number of amides is 5. The van der Waals surface area contributed by atoms with Crippen LogP contribution in [-0.2, 0) is 9.59 Å². The number of carbonyl (C=O) groups excluding carboxylic acids is 5. The fraction of sp³-hybridized carbons (Fsp3) is 0.476. The molecule has 306 valence electrons. The lowest BCUT2D eigenvalue weighted by molar-refractivity contribution is -0.136. The second-order valence-electron chi connectivity index (χ2n) is 16.6. The maximum atomic E-state index is 15.5. The van der Waals surface area contributed by atoms with Crippen LogP contribution >= 0.6 is 11.6 Å². The van der Waals surface area contributed by atoms with Gasteiger partial charge in [0, 0.05) is 63.8 Å². The summed E-state index contributed by atoms with van der Waals surface area (Å²) in [6.45, 7) is 6.85. The minimum absolute atomic E-state index is 0.00286. The first-order valence-corrected chi connectivity index (χ1v) is 20.6. The third-order valence-electron chi connectivity index (χ3n) is 12.9. The Balaban J connectivity index is 0.725.